The van der Waals surface area contributed by atoms with Crippen molar-refractivity contribution in [3.05, 3.63) is 0 Å². The summed E-state index contributed by atoms with van der Waals surface area (Å²) in [6.45, 7) is 3.64. The highest BCUT2D eigenvalue weighted by molar-refractivity contribution is 4.84. The van der Waals surface area contributed by atoms with E-state index in [9.17, 15) is 0 Å². The lowest BCUT2D eigenvalue weighted by Gasteiger charge is -2.42. The molecule has 1 N–H and O–H groups in total. The number of nitrogens with zero attached hydrogens (tertiary/aromatic N) is 1. The van der Waals surface area contributed by atoms with Crippen LogP contribution < -0.4 is 5.32 Å². The molecule has 0 heterocycles. The fourth-order valence-electron chi connectivity index (χ4n) is 3.98. The van der Waals surface area contributed by atoms with Gasteiger partial charge in [0.1, 0.15) is 0 Å². The Labute approximate surface area is 120 Å². The second kappa shape index (κ2) is 8.26. The Morgan fingerprint density at radius 3 is 1.79 bits per heavy atom. The van der Waals surface area contributed by atoms with Crippen LogP contribution in [0.15, 0.2) is 0 Å². The quantitative estimate of drug-likeness (QED) is 0.783. The largest absolute Gasteiger partial charge is 0.317 e. The highest BCUT2D eigenvalue weighted by Crippen LogP contribution is 2.30. The van der Waals surface area contributed by atoms with Crippen molar-refractivity contribution in [3.8, 4) is 0 Å². The van der Waals surface area contributed by atoms with Gasteiger partial charge in [-0.3, -0.25) is 4.90 Å². The zero-order valence-corrected chi connectivity index (χ0v) is 13.2. The maximum Gasteiger partial charge on any atom is 0.00982 e. The fourth-order valence-corrected chi connectivity index (χ4v) is 3.98. The molecule has 0 saturated heterocycles. The molecule has 0 aromatic rings. The van der Waals surface area contributed by atoms with Crippen molar-refractivity contribution in [1.29, 1.82) is 0 Å². The van der Waals surface area contributed by atoms with Crippen LogP contribution in [0.3, 0.4) is 0 Å². The van der Waals surface area contributed by atoms with Crippen LogP contribution in [0.1, 0.15) is 77.6 Å². The molecule has 0 amide bonds. The Morgan fingerprint density at radius 2 is 1.37 bits per heavy atom. The van der Waals surface area contributed by atoms with Crippen LogP contribution in [0.25, 0.3) is 0 Å². The Bertz CT molecular complexity index is 211. The van der Waals surface area contributed by atoms with Gasteiger partial charge < -0.3 is 5.32 Å². The molecule has 2 saturated carbocycles. The Hall–Kier alpha value is -0.0800. The highest BCUT2D eigenvalue weighted by atomic mass is 15.2. The summed E-state index contributed by atoms with van der Waals surface area (Å²) in [4.78, 5) is 2.92. The van der Waals surface area contributed by atoms with Crippen LogP contribution in [-0.4, -0.2) is 36.6 Å². The lowest BCUT2D eigenvalue weighted by molar-refractivity contribution is 0.0772. The molecule has 2 aliphatic carbocycles. The van der Waals surface area contributed by atoms with Crippen LogP contribution in [0.4, 0.5) is 0 Å². The summed E-state index contributed by atoms with van der Waals surface area (Å²) in [5.41, 5.74) is 0. The standard InChI is InChI=1S/C17H34N2/c1-15(18-2)13-14-19(16-9-5-3-6-10-16)17-11-7-4-8-12-17/h15-18H,3-14H2,1-2H3. The number of nitrogens with one attached hydrogen (secondary N) is 1. The maximum absolute atomic E-state index is 3.40. The third kappa shape index (κ3) is 4.75. The Kier molecular flexibility index (Phi) is 6.66. The molecule has 19 heavy (non-hydrogen) atoms. The van der Waals surface area contributed by atoms with E-state index in [4.69, 9.17) is 0 Å². The van der Waals surface area contributed by atoms with Crippen molar-refractivity contribution in [2.24, 2.45) is 0 Å². The van der Waals surface area contributed by atoms with Gasteiger partial charge in [0, 0.05) is 24.7 Å². The van der Waals surface area contributed by atoms with E-state index in [1.807, 2.05) is 0 Å². The first-order chi connectivity index (χ1) is 9.31. The molecule has 2 heteroatoms. The van der Waals surface area contributed by atoms with Crippen molar-refractivity contribution >= 4 is 0 Å². The minimum absolute atomic E-state index is 0.662. The predicted molar refractivity (Wildman–Crippen MR) is 83.6 cm³/mol. The van der Waals surface area contributed by atoms with Crippen LogP contribution in [0.2, 0.25) is 0 Å². The fraction of sp³-hybridized carbons (Fsp3) is 1.00. The highest BCUT2D eigenvalue weighted by Gasteiger charge is 2.28. The van der Waals surface area contributed by atoms with E-state index in [2.05, 4.69) is 24.2 Å². The molecule has 1 atom stereocenters. The van der Waals surface area contributed by atoms with Gasteiger partial charge in [0.15, 0.2) is 0 Å². The third-order valence-electron chi connectivity index (χ3n) is 5.40. The molecule has 2 nitrogen and oxygen atoms in total. The summed E-state index contributed by atoms with van der Waals surface area (Å²) < 4.78 is 0. The van der Waals surface area contributed by atoms with Crippen LogP contribution in [0.5, 0.6) is 0 Å². The average molecular weight is 266 g/mol. The molecule has 0 aliphatic heterocycles. The van der Waals surface area contributed by atoms with E-state index in [1.54, 1.807) is 0 Å². The molecular weight excluding hydrogens is 232 g/mol. The smallest absolute Gasteiger partial charge is 0.00982 e. The normalized spacial score (nSPS) is 24.8. The van der Waals surface area contributed by atoms with E-state index in [-0.39, 0.29) is 0 Å². The molecule has 0 bridgehead atoms. The molecule has 2 fully saturated rings. The second-order valence-corrected chi connectivity index (χ2v) is 6.80. The van der Waals surface area contributed by atoms with E-state index in [0.717, 1.165) is 12.1 Å². The summed E-state index contributed by atoms with van der Waals surface area (Å²) in [6.07, 6.45) is 16.0. The van der Waals surface area contributed by atoms with Crippen molar-refractivity contribution < 1.29 is 0 Å². The third-order valence-corrected chi connectivity index (χ3v) is 5.40. The molecule has 0 aromatic heterocycles. The van der Waals surface area contributed by atoms with E-state index >= 15 is 0 Å². The van der Waals surface area contributed by atoms with Crippen LogP contribution >= 0.6 is 0 Å². The monoisotopic (exact) mass is 266 g/mol. The summed E-state index contributed by atoms with van der Waals surface area (Å²) in [5, 5.41) is 3.40. The van der Waals surface area contributed by atoms with Crippen molar-refractivity contribution in [2.75, 3.05) is 13.6 Å². The minimum atomic E-state index is 0.662. The molecular formula is C17H34N2. The first-order valence-corrected chi connectivity index (χ1v) is 8.74. The van der Waals surface area contributed by atoms with Crippen LogP contribution in [0, 0.1) is 0 Å². The molecule has 0 aromatic carbocycles. The maximum atomic E-state index is 3.40. The first kappa shape index (κ1) is 15.3. The lowest BCUT2D eigenvalue weighted by Crippen LogP contribution is -2.46. The molecule has 1 unspecified atom stereocenters. The van der Waals surface area contributed by atoms with Crippen molar-refractivity contribution in [2.45, 2.75) is 95.7 Å². The molecule has 2 aliphatic rings. The van der Waals surface area contributed by atoms with Gasteiger partial charge in [-0.2, -0.15) is 0 Å². The second-order valence-electron chi connectivity index (χ2n) is 6.80. The zero-order chi connectivity index (χ0) is 13.5. The number of hydrogen-bond acceptors (Lipinski definition) is 2. The van der Waals surface area contributed by atoms with E-state index in [1.165, 1.54) is 77.2 Å². The van der Waals surface area contributed by atoms with Crippen molar-refractivity contribution in [1.82, 2.24) is 10.2 Å². The summed E-state index contributed by atoms with van der Waals surface area (Å²) in [5.74, 6) is 0. The van der Waals surface area contributed by atoms with Gasteiger partial charge in [-0.25, -0.2) is 0 Å². The van der Waals surface area contributed by atoms with Gasteiger partial charge >= 0.3 is 0 Å². The molecule has 2 rings (SSSR count). The first-order valence-electron chi connectivity index (χ1n) is 8.74. The van der Waals surface area contributed by atoms with Gasteiger partial charge in [0.25, 0.3) is 0 Å². The van der Waals surface area contributed by atoms with Gasteiger partial charge in [0.05, 0.1) is 0 Å². The van der Waals surface area contributed by atoms with Crippen molar-refractivity contribution in [3.63, 3.8) is 0 Å². The van der Waals surface area contributed by atoms with Gasteiger partial charge in [-0.05, 0) is 46.1 Å². The summed E-state index contributed by atoms with van der Waals surface area (Å²) >= 11 is 0. The Balaban J connectivity index is 1.90. The molecule has 112 valence electrons. The van der Waals surface area contributed by atoms with Gasteiger partial charge in [-0.15, -0.1) is 0 Å². The predicted octanol–water partition coefficient (Wildman–Crippen LogP) is 3.95. The van der Waals surface area contributed by atoms with Gasteiger partial charge in [-0.1, -0.05) is 38.5 Å². The topological polar surface area (TPSA) is 15.3 Å². The summed E-state index contributed by atoms with van der Waals surface area (Å²) in [7, 11) is 2.09. The lowest BCUT2D eigenvalue weighted by atomic mass is 9.88. The Morgan fingerprint density at radius 1 is 0.895 bits per heavy atom. The zero-order valence-electron chi connectivity index (χ0n) is 13.2. The van der Waals surface area contributed by atoms with E-state index < -0.39 is 0 Å². The summed E-state index contributed by atoms with van der Waals surface area (Å²) in [6, 6.07) is 2.47. The SMILES string of the molecule is CNC(C)CCN(C1CCCCC1)C1CCCCC1. The number of rotatable bonds is 6. The minimum Gasteiger partial charge on any atom is -0.317 e. The molecule has 0 radical (unpaired) electrons. The molecule has 0 spiro atoms. The number of hydrogen-bond donors (Lipinski definition) is 1. The average Bonchev–Trinajstić information content (AvgIpc) is 2.49. The van der Waals surface area contributed by atoms with E-state index in [0.29, 0.717) is 6.04 Å². The van der Waals surface area contributed by atoms with Crippen LogP contribution in [-0.2, 0) is 0 Å². The van der Waals surface area contributed by atoms with Gasteiger partial charge in [0.2, 0.25) is 0 Å².